The molecule has 0 amide bonds. The van der Waals surface area contributed by atoms with E-state index in [1.54, 1.807) is 12.5 Å². The molecule has 88 valence electrons. The minimum atomic E-state index is 1.37. The third kappa shape index (κ3) is 11.1. The number of hydrogen-bond donors (Lipinski definition) is 0. The molecular formula is C13H26N2. The van der Waals surface area contributed by atoms with Crippen molar-refractivity contribution in [2.45, 2.75) is 58.8 Å². The van der Waals surface area contributed by atoms with Crippen molar-refractivity contribution in [2.75, 3.05) is 0 Å². The van der Waals surface area contributed by atoms with Crippen molar-refractivity contribution in [3.05, 3.63) is 18.7 Å². The number of aryl methyl sites for hydroxylation is 1. The van der Waals surface area contributed by atoms with E-state index in [1.807, 2.05) is 17.8 Å². The minimum Gasteiger partial charge on any atom is -0.341 e. The highest BCUT2D eigenvalue weighted by molar-refractivity contribution is 4.70. The first kappa shape index (κ1) is 14.2. The Hall–Kier alpha value is -0.790. The SMILES string of the molecule is CCCCCCCCC.Cn1ccnc1. The molecule has 0 N–H and O–H groups in total. The van der Waals surface area contributed by atoms with E-state index in [1.165, 1.54) is 44.9 Å². The van der Waals surface area contributed by atoms with Crippen LogP contribution < -0.4 is 0 Å². The molecule has 0 fully saturated rings. The van der Waals surface area contributed by atoms with E-state index in [-0.39, 0.29) is 0 Å². The zero-order chi connectivity index (χ0) is 11.4. The Kier molecular flexibility index (Phi) is 10.7. The van der Waals surface area contributed by atoms with Gasteiger partial charge in [-0.05, 0) is 0 Å². The molecule has 15 heavy (non-hydrogen) atoms. The molecule has 0 spiro atoms. The van der Waals surface area contributed by atoms with Crippen LogP contribution in [0.3, 0.4) is 0 Å². The first-order valence-electron chi connectivity index (χ1n) is 6.23. The second-order valence-corrected chi connectivity index (χ2v) is 4.00. The summed E-state index contributed by atoms with van der Waals surface area (Å²) < 4.78 is 1.89. The third-order valence-corrected chi connectivity index (χ3v) is 2.34. The fraction of sp³-hybridized carbons (Fsp3) is 0.769. The van der Waals surface area contributed by atoms with Crippen LogP contribution in [-0.4, -0.2) is 9.55 Å². The molecule has 0 bridgehead atoms. The lowest BCUT2D eigenvalue weighted by Crippen LogP contribution is -1.76. The number of imidazole rings is 1. The van der Waals surface area contributed by atoms with E-state index in [9.17, 15) is 0 Å². The van der Waals surface area contributed by atoms with Gasteiger partial charge in [0.25, 0.3) is 0 Å². The van der Waals surface area contributed by atoms with Crippen molar-refractivity contribution < 1.29 is 0 Å². The summed E-state index contributed by atoms with van der Waals surface area (Å²) in [5.41, 5.74) is 0. The predicted molar refractivity (Wildman–Crippen MR) is 66.9 cm³/mol. The highest BCUT2D eigenvalue weighted by Crippen LogP contribution is 2.05. The molecule has 0 saturated carbocycles. The van der Waals surface area contributed by atoms with E-state index >= 15 is 0 Å². The van der Waals surface area contributed by atoms with Crippen LogP contribution in [0.4, 0.5) is 0 Å². The van der Waals surface area contributed by atoms with E-state index < -0.39 is 0 Å². The maximum absolute atomic E-state index is 3.78. The Morgan fingerprint density at radius 2 is 1.47 bits per heavy atom. The summed E-state index contributed by atoms with van der Waals surface area (Å²) in [7, 11) is 1.94. The Morgan fingerprint density at radius 3 is 1.73 bits per heavy atom. The van der Waals surface area contributed by atoms with E-state index in [0.717, 1.165) is 0 Å². The number of rotatable bonds is 6. The van der Waals surface area contributed by atoms with Crippen molar-refractivity contribution in [1.29, 1.82) is 0 Å². The summed E-state index contributed by atoms with van der Waals surface area (Å²) in [6, 6.07) is 0. The van der Waals surface area contributed by atoms with Crippen LogP contribution in [0.15, 0.2) is 18.7 Å². The van der Waals surface area contributed by atoms with Crippen molar-refractivity contribution in [1.82, 2.24) is 9.55 Å². The van der Waals surface area contributed by atoms with Crippen molar-refractivity contribution in [3.8, 4) is 0 Å². The molecule has 0 aliphatic heterocycles. The Labute approximate surface area is 94.7 Å². The Balaban J connectivity index is 0.000000280. The zero-order valence-electron chi connectivity index (χ0n) is 10.6. The molecule has 2 nitrogen and oxygen atoms in total. The van der Waals surface area contributed by atoms with Gasteiger partial charge in [0.15, 0.2) is 0 Å². The monoisotopic (exact) mass is 210 g/mol. The first-order chi connectivity index (χ1) is 7.31. The second kappa shape index (κ2) is 11.3. The van der Waals surface area contributed by atoms with E-state index in [0.29, 0.717) is 0 Å². The van der Waals surface area contributed by atoms with Crippen LogP contribution in [0.2, 0.25) is 0 Å². The standard InChI is InChI=1S/C9H20.C4H6N2/c1-3-5-7-9-8-6-4-2;1-6-3-2-5-4-6/h3-9H2,1-2H3;2-4H,1H3. The maximum atomic E-state index is 3.78. The molecule has 0 unspecified atom stereocenters. The van der Waals surface area contributed by atoms with Gasteiger partial charge >= 0.3 is 0 Å². The molecule has 1 rings (SSSR count). The molecule has 1 aromatic heterocycles. The Bertz CT molecular complexity index is 186. The summed E-state index contributed by atoms with van der Waals surface area (Å²) in [5, 5.41) is 0. The highest BCUT2D eigenvalue weighted by atomic mass is 15.0. The van der Waals surface area contributed by atoms with Gasteiger partial charge in [-0.2, -0.15) is 0 Å². The summed E-state index contributed by atoms with van der Waals surface area (Å²) in [5.74, 6) is 0. The predicted octanol–water partition coefficient (Wildman–Crippen LogP) is 4.18. The number of aromatic nitrogens is 2. The van der Waals surface area contributed by atoms with E-state index in [4.69, 9.17) is 0 Å². The van der Waals surface area contributed by atoms with Crippen molar-refractivity contribution in [3.63, 3.8) is 0 Å². The fourth-order valence-corrected chi connectivity index (χ4v) is 1.36. The van der Waals surface area contributed by atoms with Crippen molar-refractivity contribution in [2.24, 2.45) is 7.05 Å². The van der Waals surface area contributed by atoms with Gasteiger partial charge in [0.1, 0.15) is 0 Å². The van der Waals surface area contributed by atoms with Gasteiger partial charge in [-0.25, -0.2) is 4.98 Å². The average molecular weight is 210 g/mol. The number of unbranched alkanes of at least 4 members (excludes halogenated alkanes) is 6. The summed E-state index contributed by atoms with van der Waals surface area (Å²) in [6.45, 7) is 4.53. The number of nitrogens with zero attached hydrogens (tertiary/aromatic N) is 2. The molecule has 0 aliphatic rings. The van der Waals surface area contributed by atoms with Crippen LogP contribution in [0.1, 0.15) is 58.8 Å². The lowest BCUT2D eigenvalue weighted by Gasteiger charge is -1.96. The molecule has 0 saturated heterocycles. The van der Waals surface area contributed by atoms with E-state index in [2.05, 4.69) is 18.8 Å². The molecular weight excluding hydrogens is 184 g/mol. The van der Waals surface area contributed by atoms with Crippen LogP contribution in [-0.2, 0) is 7.05 Å². The van der Waals surface area contributed by atoms with Gasteiger partial charge < -0.3 is 4.57 Å². The van der Waals surface area contributed by atoms with Gasteiger partial charge in [0, 0.05) is 19.4 Å². The number of hydrogen-bond acceptors (Lipinski definition) is 1. The lowest BCUT2D eigenvalue weighted by molar-refractivity contribution is 0.602. The molecule has 1 aromatic rings. The largest absolute Gasteiger partial charge is 0.341 e. The van der Waals surface area contributed by atoms with Crippen LogP contribution in [0, 0.1) is 0 Å². The van der Waals surface area contributed by atoms with Crippen molar-refractivity contribution >= 4 is 0 Å². The molecule has 0 radical (unpaired) electrons. The molecule has 2 heteroatoms. The quantitative estimate of drug-likeness (QED) is 0.644. The third-order valence-electron chi connectivity index (χ3n) is 2.34. The Morgan fingerprint density at radius 1 is 0.933 bits per heavy atom. The summed E-state index contributed by atoms with van der Waals surface area (Å²) >= 11 is 0. The first-order valence-corrected chi connectivity index (χ1v) is 6.23. The summed E-state index contributed by atoms with van der Waals surface area (Å²) in [4.78, 5) is 3.78. The van der Waals surface area contributed by atoms with Crippen LogP contribution in [0.5, 0.6) is 0 Å². The fourth-order valence-electron chi connectivity index (χ4n) is 1.36. The topological polar surface area (TPSA) is 17.8 Å². The zero-order valence-corrected chi connectivity index (χ0v) is 10.6. The molecule has 0 atom stereocenters. The van der Waals surface area contributed by atoms with Gasteiger partial charge in [-0.1, -0.05) is 58.8 Å². The van der Waals surface area contributed by atoms with Gasteiger partial charge in [0.05, 0.1) is 6.33 Å². The minimum absolute atomic E-state index is 1.37. The molecule has 0 aromatic carbocycles. The lowest BCUT2D eigenvalue weighted by atomic mass is 10.1. The van der Waals surface area contributed by atoms with Crippen LogP contribution >= 0.6 is 0 Å². The molecule has 1 heterocycles. The molecule has 0 aliphatic carbocycles. The summed E-state index contributed by atoms with van der Waals surface area (Å²) in [6.07, 6.45) is 15.4. The van der Waals surface area contributed by atoms with Crippen LogP contribution in [0.25, 0.3) is 0 Å². The van der Waals surface area contributed by atoms with Gasteiger partial charge in [0.2, 0.25) is 0 Å². The normalized spacial score (nSPS) is 9.53. The highest BCUT2D eigenvalue weighted by Gasteiger charge is 1.85. The average Bonchev–Trinajstić information content (AvgIpc) is 2.70. The van der Waals surface area contributed by atoms with Gasteiger partial charge in [-0.15, -0.1) is 0 Å². The smallest absolute Gasteiger partial charge is 0.0943 e. The second-order valence-electron chi connectivity index (χ2n) is 4.00. The maximum Gasteiger partial charge on any atom is 0.0943 e. The van der Waals surface area contributed by atoms with Gasteiger partial charge in [-0.3, -0.25) is 0 Å².